The van der Waals surface area contributed by atoms with Gasteiger partial charge in [0.15, 0.2) is 0 Å². The maximum absolute atomic E-state index is 10.1. The zero-order chi connectivity index (χ0) is 13.5. The maximum Gasteiger partial charge on any atom is 3.00 e. The van der Waals surface area contributed by atoms with Crippen LogP contribution in [0.4, 0.5) is 11.7 Å². The molecule has 0 bridgehead atoms. The summed E-state index contributed by atoms with van der Waals surface area (Å²) in [6.45, 7) is 0. The SMILES string of the molecule is O=S(=O)([O-])F.O=S(=O)([O-])F.O=S(=O)([O-])F.[Fe+3]. The van der Waals surface area contributed by atoms with Crippen LogP contribution in [-0.4, -0.2) is 38.9 Å². The molecule has 0 spiro atoms. The summed E-state index contributed by atoms with van der Waals surface area (Å²) in [5, 5.41) is 0. The molecule has 0 aromatic heterocycles. The second-order valence-electron chi connectivity index (χ2n) is 1.18. The molecule has 0 heterocycles. The average molecular weight is 353 g/mol. The topological polar surface area (TPSA) is 172 Å². The van der Waals surface area contributed by atoms with Crippen LogP contribution in [-0.2, 0) is 48.6 Å². The average Bonchev–Trinajstić information content (AvgIpc) is 1.41. The fraction of sp³-hybridized carbons (Fsp3) is 0. The molecule has 0 rings (SSSR count). The number of halogens is 3. The van der Waals surface area contributed by atoms with Crippen molar-refractivity contribution >= 4 is 31.5 Å². The molecule has 16 heteroatoms. The van der Waals surface area contributed by atoms with Gasteiger partial charge in [-0.3, -0.25) is 0 Å². The molecule has 0 aromatic carbocycles. The standard InChI is InChI=1S/3FHO3S.Fe/c3*1-5(2,3)4;/h3*(H,2,3,4);/q;;;+3/p-3. The van der Waals surface area contributed by atoms with Crippen molar-refractivity contribution in [1.29, 1.82) is 0 Å². The summed E-state index contributed by atoms with van der Waals surface area (Å²) in [6.07, 6.45) is 0. The van der Waals surface area contributed by atoms with Gasteiger partial charge in [-0.1, -0.05) is 0 Å². The molecule has 0 aromatic rings. The molecule has 0 aliphatic heterocycles. The van der Waals surface area contributed by atoms with Crippen molar-refractivity contribution in [3.05, 3.63) is 0 Å². The fourth-order valence-corrected chi connectivity index (χ4v) is 0. The first-order chi connectivity index (χ1) is 6.00. The largest absolute Gasteiger partial charge is 3.00 e. The molecule has 101 valence electrons. The quantitative estimate of drug-likeness (QED) is 0.278. The van der Waals surface area contributed by atoms with Gasteiger partial charge in [-0.25, -0.2) is 25.3 Å². The summed E-state index contributed by atoms with van der Waals surface area (Å²) < 4.78 is 106. The first-order valence-electron chi connectivity index (χ1n) is 1.96. The molecule has 0 aliphatic rings. The molecule has 0 saturated heterocycles. The Kier molecular flexibility index (Phi) is 14.2. The van der Waals surface area contributed by atoms with E-state index in [2.05, 4.69) is 0 Å². The Morgan fingerprint density at radius 3 is 0.562 bits per heavy atom. The molecule has 0 saturated carbocycles. The van der Waals surface area contributed by atoms with Crippen LogP contribution < -0.4 is 0 Å². The van der Waals surface area contributed by atoms with Crippen LogP contribution in [0.1, 0.15) is 0 Å². The molecule has 0 N–H and O–H groups in total. The summed E-state index contributed by atoms with van der Waals surface area (Å²) in [7, 11) is -16.2. The van der Waals surface area contributed by atoms with Crippen LogP contribution in [0.25, 0.3) is 0 Å². The van der Waals surface area contributed by atoms with Gasteiger partial charge < -0.3 is 13.7 Å². The summed E-state index contributed by atoms with van der Waals surface area (Å²) in [6, 6.07) is 0. The van der Waals surface area contributed by atoms with E-state index in [4.69, 9.17) is 38.9 Å². The second kappa shape index (κ2) is 9.11. The summed E-state index contributed by atoms with van der Waals surface area (Å²) in [5.74, 6) is 0. The Hall–Kier alpha value is 0.0395. The van der Waals surface area contributed by atoms with Crippen molar-refractivity contribution in [2.45, 2.75) is 0 Å². The molecule has 16 heavy (non-hydrogen) atoms. The molecule has 0 unspecified atom stereocenters. The minimum atomic E-state index is -5.42. The summed E-state index contributed by atoms with van der Waals surface area (Å²) in [4.78, 5) is 0. The Morgan fingerprint density at radius 1 is 0.562 bits per heavy atom. The first-order valence-corrected chi connectivity index (χ1v) is 5.89. The van der Waals surface area contributed by atoms with Crippen LogP contribution in [0.3, 0.4) is 0 Å². The van der Waals surface area contributed by atoms with Crippen LogP contribution in [0.2, 0.25) is 0 Å². The van der Waals surface area contributed by atoms with E-state index in [9.17, 15) is 11.7 Å². The van der Waals surface area contributed by atoms with Gasteiger partial charge in [0.05, 0.1) is 0 Å². The van der Waals surface area contributed by atoms with Crippen LogP contribution in [0.5, 0.6) is 0 Å². The van der Waals surface area contributed by atoms with Crippen LogP contribution in [0, 0.1) is 0 Å². The summed E-state index contributed by atoms with van der Waals surface area (Å²) in [5.41, 5.74) is 0. The van der Waals surface area contributed by atoms with Gasteiger partial charge in [-0.15, -0.1) is 11.7 Å². The Balaban J connectivity index is -0.0000000655. The summed E-state index contributed by atoms with van der Waals surface area (Å²) >= 11 is 0. The first kappa shape index (κ1) is 25.0. The normalized spacial score (nSPS) is 10.9. The van der Waals surface area contributed by atoms with Crippen molar-refractivity contribution in [2.75, 3.05) is 0 Å². The van der Waals surface area contributed by atoms with Crippen molar-refractivity contribution in [3.63, 3.8) is 0 Å². The Morgan fingerprint density at radius 2 is 0.562 bits per heavy atom. The van der Waals surface area contributed by atoms with E-state index in [1.54, 1.807) is 0 Å². The van der Waals surface area contributed by atoms with Crippen molar-refractivity contribution < 1.29 is 67.6 Å². The van der Waals surface area contributed by atoms with E-state index >= 15 is 0 Å². The second-order valence-corrected chi connectivity index (χ2v) is 3.54. The van der Waals surface area contributed by atoms with Crippen molar-refractivity contribution in [1.82, 2.24) is 0 Å². The van der Waals surface area contributed by atoms with Crippen LogP contribution in [0.15, 0.2) is 0 Å². The third kappa shape index (κ3) is 1530000. The fourth-order valence-electron chi connectivity index (χ4n) is 0. The monoisotopic (exact) mass is 353 g/mol. The van der Waals surface area contributed by atoms with E-state index in [-0.39, 0.29) is 17.1 Å². The molecular formula is F3FeO9S3. The molecule has 0 aliphatic carbocycles. The van der Waals surface area contributed by atoms with Crippen LogP contribution >= 0.6 is 0 Å². The van der Waals surface area contributed by atoms with E-state index in [0.717, 1.165) is 0 Å². The van der Waals surface area contributed by atoms with Gasteiger partial charge in [0, 0.05) is 0 Å². The number of rotatable bonds is 0. The smallest absolute Gasteiger partial charge is 0.722 e. The zero-order valence-corrected chi connectivity index (χ0v) is 9.94. The van der Waals surface area contributed by atoms with Gasteiger partial charge in [0.1, 0.15) is 0 Å². The van der Waals surface area contributed by atoms with E-state index in [1.807, 2.05) is 0 Å². The molecule has 0 amide bonds. The third-order valence-corrected chi connectivity index (χ3v) is 0. The van der Waals surface area contributed by atoms with Gasteiger partial charge >= 0.3 is 17.1 Å². The number of hydrogen-bond acceptors (Lipinski definition) is 9. The number of hydrogen-bond donors (Lipinski definition) is 0. The van der Waals surface area contributed by atoms with E-state index in [1.165, 1.54) is 0 Å². The molecule has 0 atom stereocenters. The molecule has 1 radical (unpaired) electrons. The molecule has 0 fully saturated rings. The predicted molar refractivity (Wildman–Crippen MR) is 32.4 cm³/mol. The molecule has 9 nitrogen and oxygen atoms in total. The minimum Gasteiger partial charge on any atom is -0.722 e. The van der Waals surface area contributed by atoms with Gasteiger partial charge in [0.2, 0.25) is 0 Å². The Labute approximate surface area is 99.3 Å². The third-order valence-electron chi connectivity index (χ3n) is 0. The van der Waals surface area contributed by atoms with Crippen molar-refractivity contribution in [2.24, 2.45) is 0 Å². The molecular weight excluding hydrogens is 353 g/mol. The van der Waals surface area contributed by atoms with Crippen molar-refractivity contribution in [3.8, 4) is 0 Å². The van der Waals surface area contributed by atoms with Gasteiger partial charge in [-0.2, -0.15) is 0 Å². The predicted octanol–water partition coefficient (Wildman–Crippen LogP) is -1.75. The minimum absolute atomic E-state index is 0. The maximum atomic E-state index is 10.1. The van der Waals surface area contributed by atoms with E-state index < -0.39 is 31.5 Å². The van der Waals surface area contributed by atoms with Gasteiger partial charge in [0.25, 0.3) is 31.5 Å². The van der Waals surface area contributed by atoms with E-state index in [0.29, 0.717) is 0 Å². The van der Waals surface area contributed by atoms with Gasteiger partial charge in [-0.05, 0) is 0 Å². The Bertz CT molecular complexity index is 347. The zero-order valence-electron chi connectivity index (χ0n) is 6.39.